The van der Waals surface area contributed by atoms with E-state index < -0.39 is 12.0 Å². The van der Waals surface area contributed by atoms with Crippen molar-refractivity contribution in [3.05, 3.63) is 24.3 Å². The molecule has 1 aliphatic rings. The van der Waals surface area contributed by atoms with Gasteiger partial charge in [-0.2, -0.15) is 0 Å². The van der Waals surface area contributed by atoms with Gasteiger partial charge in [-0.3, -0.25) is 19.2 Å². The average Bonchev–Trinajstić information content (AvgIpc) is 2.72. The van der Waals surface area contributed by atoms with Crippen molar-refractivity contribution < 1.29 is 23.9 Å². The van der Waals surface area contributed by atoms with Crippen LogP contribution < -0.4 is 16.0 Å². The predicted molar refractivity (Wildman–Crippen MR) is 108 cm³/mol. The van der Waals surface area contributed by atoms with Gasteiger partial charge in [0.25, 0.3) is 0 Å². The summed E-state index contributed by atoms with van der Waals surface area (Å²) < 4.78 is 5.05. The van der Waals surface area contributed by atoms with Gasteiger partial charge in [0.15, 0.2) is 0 Å². The highest BCUT2D eigenvalue weighted by molar-refractivity contribution is 5.93. The normalized spacial score (nSPS) is 16.0. The number of hydrogen-bond acceptors (Lipinski definition) is 6. The number of carbonyl (C=O) groups is 4. The molecule has 2 rings (SSSR count). The van der Waals surface area contributed by atoms with E-state index in [-0.39, 0.29) is 37.3 Å². The van der Waals surface area contributed by atoms with Crippen molar-refractivity contribution in [2.45, 2.75) is 39.2 Å². The fourth-order valence-electron chi connectivity index (χ4n) is 2.88. The van der Waals surface area contributed by atoms with Crippen LogP contribution in [0.5, 0.6) is 0 Å². The molecule has 1 aromatic carbocycles. The maximum Gasteiger partial charge on any atom is 0.308 e. The number of hydrogen-bond donors (Lipinski definition) is 3. The van der Waals surface area contributed by atoms with Gasteiger partial charge in [0.05, 0.1) is 19.6 Å². The minimum absolute atomic E-state index is 0.0427. The third kappa shape index (κ3) is 6.78. The molecule has 9 nitrogen and oxygen atoms in total. The summed E-state index contributed by atoms with van der Waals surface area (Å²) in [5.41, 5.74) is 1.29. The lowest BCUT2D eigenvalue weighted by atomic mass is 10.1. The minimum Gasteiger partial charge on any atom is -0.466 e. The Balaban J connectivity index is 1.97. The van der Waals surface area contributed by atoms with Crippen LogP contribution in [0.25, 0.3) is 0 Å². The quantitative estimate of drug-likeness (QED) is 0.531. The van der Waals surface area contributed by atoms with E-state index in [1.807, 2.05) is 6.92 Å². The molecule has 0 aromatic heterocycles. The molecule has 1 aromatic rings. The number of anilines is 2. The summed E-state index contributed by atoms with van der Waals surface area (Å²) in [6.45, 7) is 4.55. The Kier molecular flexibility index (Phi) is 8.45. The first-order valence-electron chi connectivity index (χ1n) is 9.81. The van der Waals surface area contributed by atoms with Gasteiger partial charge >= 0.3 is 5.97 Å². The van der Waals surface area contributed by atoms with Crippen molar-refractivity contribution in [1.29, 1.82) is 0 Å². The van der Waals surface area contributed by atoms with E-state index in [2.05, 4.69) is 16.0 Å². The lowest BCUT2D eigenvalue weighted by Crippen LogP contribution is -2.58. The molecule has 1 saturated heterocycles. The Bertz CT molecular complexity index is 752. The third-order valence-electron chi connectivity index (χ3n) is 4.39. The van der Waals surface area contributed by atoms with Gasteiger partial charge < -0.3 is 25.6 Å². The summed E-state index contributed by atoms with van der Waals surface area (Å²) in [7, 11) is 0. The first kappa shape index (κ1) is 22.2. The zero-order valence-corrected chi connectivity index (χ0v) is 16.8. The van der Waals surface area contributed by atoms with Crippen LogP contribution in [0.4, 0.5) is 11.4 Å². The zero-order chi connectivity index (χ0) is 21.2. The number of ether oxygens (including phenoxy) is 1. The monoisotopic (exact) mass is 404 g/mol. The van der Waals surface area contributed by atoms with Crippen molar-refractivity contribution in [3.63, 3.8) is 0 Å². The molecule has 1 heterocycles. The SMILES string of the molecule is CCCOC(=O)CC1C(=O)NCCN1C(=O)CNc1cccc(NC(=O)CC)c1. The minimum atomic E-state index is -0.877. The molecule has 0 radical (unpaired) electrons. The number of nitrogens with one attached hydrogen (secondary N) is 3. The maximum atomic E-state index is 12.7. The number of amides is 3. The van der Waals surface area contributed by atoms with Crippen molar-refractivity contribution in [1.82, 2.24) is 10.2 Å². The van der Waals surface area contributed by atoms with Gasteiger partial charge in [-0.15, -0.1) is 0 Å². The second-order valence-electron chi connectivity index (χ2n) is 6.65. The van der Waals surface area contributed by atoms with Crippen molar-refractivity contribution in [3.8, 4) is 0 Å². The largest absolute Gasteiger partial charge is 0.466 e. The molecule has 1 aliphatic heterocycles. The molecule has 1 fully saturated rings. The molecule has 0 spiro atoms. The molecule has 3 amide bonds. The van der Waals surface area contributed by atoms with Crippen LogP contribution in [0.1, 0.15) is 33.1 Å². The standard InChI is InChI=1S/C20H28N4O5/c1-3-10-29-19(27)12-16-20(28)21-8-9-24(16)18(26)13-22-14-6-5-7-15(11-14)23-17(25)4-2/h5-7,11,16,22H,3-4,8-10,12-13H2,1-2H3,(H,21,28)(H,23,25). The van der Waals surface area contributed by atoms with E-state index in [0.29, 0.717) is 37.3 Å². The van der Waals surface area contributed by atoms with Crippen LogP contribution in [0.3, 0.4) is 0 Å². The summed E-state index contributed by atoms with van der Waals surface area (Å²) in [5.74, 6) is -1.26. The fourth-order valence-corrected chi connectivity index (χ4v) is 2.88. The lowest BCUT2D eigenvalue weighted by molar-refractivity contribution is -0.151. The van der Waals surface area contributed by atoms with Crippen molar-refractivity contribution in [2.24, 2.45) is 0 Å². The van der Waals surface area contributed by atoms with Crippen molar-refractivity contribution in [2.75, 3.05) is 36.9 Å². The Morgan fingerprint density at radius 2 is 2.00 bits per heavy atom. The van der Waals surface area contributed by atoms with E-state index >= 15 is 0 Å². The molecule has 1 atom stereocenters. The molecule has 0 saturated carbocycles. The summed E-state index contributed by atoms with van der Waals surface area (Å²) >= 11 is 0. The number of rotatable bonds is 9. The first-order valence-corrected chi connectivity index (χ1v) is 9.81. The summed E-state index contributed by atoms with van der Waals surface area (Å²) in [6.07, 6.45) is 0.887. The predicted octanol–water partition coefficient (Wildman–Crippen LogP) is 1.12. The highest BCUT2D eigenvalue weighted by Crippen LogP contribution is 2.16. The smallest absolute Gasteiger partial charge is 0.308 e. The fraction of sp³-hybridized carbons (Fsp3) is 0.500. The van der Waals surface area contributed by atoms with Gasteiger partial charge in [0.2, 0.25) is 17.7 Å². The molecule has 29 heavy (non-hydrogen) atoms. The topological polar surface area (TPSA) is 117 Å². The summed E-state index contributed by atoms with van der Waals surface area (Å²) in [5, 5.41) is 8.44. The average molecular weight is 404 g/mol. The third-order valence-corrected chi connectivity index (χ3v) is 4.39. The van der Waals surface area contributed by atoms with Gasteiger partial charge in [-0.05, 0) is 24.6 Å². The molecule has 158 valence electrons. The Labute approximate surface area is 170 Å². The Hall–Kier alpha value is -3.10. The molecule has 9 heteroatoms. The van der Waals surface area contributed by atoms with Crippen LogP contribution in [-0.4, -0.2) is 60.9 Å². The Morgan fingerprint density at radius 1 is 1.24 bits per heavy atom. The van der Waals surface area contributed by atoms with Crippen LogP contribution in [0, 0.1) is 0 Å². The van der Waals surface area contributed by atoms with Gasteiger partial charge in [-0.1, -0.05) is 19.9 Å². The Morgan fingerprint density at radius 3 is 2.72 bits per heavy atom. The van der Waals surface area contributed by atoms with E-state index in [4.69, 9.17) is 4.74 Å². The van der Waals surface area contributed by atoms with Gasteiger partial charge in [0.1, 0.15) is 6.04 Å². The lowest BCUT2D eigenvalue weighted by Gasteiger charge is -2.34. The first-order chi connectivity index (χ1) is 13.9. The molecule has 1 unspecified atom stereocenters. The van der Waals surface area contributed by atoms with Crippen LogP contribution in [-0.2, 0) is 23.9 Å². The van der Waals surface area contributed by atoms with Crippen molar-refractivity contribution >= 4 is 35.1 Å². The van der Waals surface area contributed by atoms with Crippen LogP contribution >= 0.6 is 0 Å². The highest BCUT2D eigenvalue weighted by Gasteiger charge is 2.34. The van der Waals surface area contributed by atoms with Crippen LogP contribution in [0.2, 0.25) is 0 Å². The molecule has 3 N–H and O–H groups in total. The van der Waals surface area contributed by atoms with E-state index in [0.717, 1.165) is 0 Å². The number of piperazine rings is 1. The van der Waals surface area contributed by atoms with E-state index in [1.165, 1.54) is 4.90 Å². The number of esters is 1. The molecule has 0 bridgehead atoms. The molecular weight excluding hydrogens is 376 g/mol. The molecule has 0 aliphatic carbocycles. The number of carbonyl (C=O) groups excluding carboxylic acids is 4. The van der Waals surface area contributed by atoms with Gasteiger partial charge in [0, 0.05) is 30.9 Å². The highest BCUT2D eigenvalue weighted by atomic mass is 16.5. The maximum absolute atomic E-state index is 12.7. The second kappa shape index (κ2) is 11.0. The number of benzene rings is 1. The van der Waals surface area contributed by atoms with Crippen LogP contribution in [0.15, 0.2) is 24.3 Å². The zero-order valence-electron chi connectivity index (χ0n) is 16.8. The second-order valence-corrected chi connectivity index (χ2v) is 6.65. The van der Waals surface area contributed by atoms with E-state index in [9.17, 15) is 19.2 Å². The summed E-state index contributed by atoms with van der Waals surface area (Å²) in [4.78, 5) is 49.7. The number of nitrogens with zero attached hydrogens (tertiary/aromatic N) is 1. The van der Waals surface area contributed by atoms with Gasteiger partial charge in [-0.25, -0.2) is 0 Å². The molecular formula is C20H28N4O5. The summed E-state index contributed by atoms with van der Waals surface area (Å²) in [6, 6.07) is 6.14. The van der Waals surface area contributed by atoms with E-state index in [1.54, 1.807) is 31.2 Å².